The summed E-state index contributed by atoms with van der Waals surface area (Å²) in [6, 6.07) is 3.31. The predicted molar refractivity (Wildman–Crippen MR) is 80.2 cm³/mol. The van der Waals surface area contributed by atoms with Crippen LogP contribution in [0.3, 0.4) is 0 Å². The van der Waals surface area contributed by atoms with Crippen molar-refractivity contribution in [3.63, 3.8) is 0 Å². The van der Waals surface area contributed by atoms with E-state index in [9.17, 15) is 13.2 Å². The highest BCUT2D eigenvalue weighted by atomic mass is 32.2. The van der Waals surface area contributed by atoms with Crippen LogP contribution in [0.25, 0.3) is 0 Å². The molecule has 1 amide bonds. The van der Waals surface area contributed by atoms with Gasteiger partial charge in [-0.05, 0) is 43.4 Å². The molecule has 116 valence electrons. The lowest BCUT2D eigenvalue weighted by Gasteiger charge is -2.33. The van der Waals surface area contributed by atoms with Crippen LogP contribution in [0.1, 0.15) is 31.2 Å². The first-order chi connectivity index (χ1) is 9.87. The fourth-order valence-electron chi connectivity index (χ4n) is 2.71. The van der Waals surface area contributed by atoms with Crippen LogP contribution in [-0.4, -0.2) is 49.6 Å². The van der Waals surface area contributed by atoms with E-state index in [1.54, 1.807) is 24.2 Å². The van der Waals surface area contributed by atoms with Crippen molar-refractivity contribution in [1.29, 1.82) is 0 Å². The Morgan fingerprint density at radius 2 is 1.90 bits per heavy atom. The number of hydrogen-bond acceptors (Lipinski definition) is 4. The third kappa shape index (κ3) is 4.50. The molecule has 0 saturated carbocycles. The van der Waals surface area contributed by atoms with Gasteiger partial charge in [0.25, 0.3) is 0 Å². The lowest BCUT2D eigenvalue weighted by atomic mass is 9.90. The van der Waals surface area contributed by atoms with Gasteiger partial charge in [-0.1, -0.05) is 0 Å². The number of nitrogens with zero attached hydrogens (tertiary/aromatic N) is 2. The average Bonchev–Trinajstić information content (AvgIpc) is 2.46. The molecule has 0 radical (unpaired) electrons. The predicted octanol–water partition coefficient (Wildman–Crippen LogP) is 0.725. The molecular weight excluding hydrogens is 290 g/mol. The largest absolute Gasteiger partial charge is 0.341 e. The molecule has 0 bridgehead atoms. The molecule has 21 heavy (non-hydrogen) atoms. The van der Waals surface area contributed by atoms with Crippen LogP contribution in [-0.2, 0) is 14.8 Å². The Hall–Kier alpha value is -1.47. The molecule has 0 spiro atoms. The van der Waals surface area contributed by atoms with E-state index in [-0.39, 0.29) is 5.91 Å². The molecule has 1 fully saturated rings. The molecule has 1 aliphatic rings. The van der Waals surface area contributed by atoms with Gasteiger partial charge in [-0.3, -0.25) is 9.78 Å². The van der Waals surface area contributed by atoms with Gasteiger partial charge in [0, 0.05) is 25.5 Å². The number of hydrogen-bond donors (Lipinski definition) is 1. The van der Waals surface area contributed by atoms with Crippen molar-refractivity contribution >= 4 is 15.9 Å². The maximum Gasteiger partial charge on any atom is 0.240 e. The Labute approximate surface area is 125 Å². The molecule has 1 aliphatic heterocycles. The Balaban J connectivity index is 1.90. The Morgan fingerprint density at radius 1 is 1.33 bits per heavy atom. The number of amides is 1. The smallest absolute Gasteiger partial charge is 0.240 e. The SMILES string of the molecule is CC(NS(C)(=O)=O)C(=O)N1CCC(c2ccncc2)CC1. The number of pyridine rings is 1. The van der Waals surface area contributed by atoms with Crippen molar-refractivity contribution in [3.05, 3.63) is 30.1 Å². The van der Waals surface area contributed by atoms with E-state index in [0.717, 1.165) is 19.1 Å². The molecule has 2 rings (SSSR count). The van der Waals surface area contributed by atoms with Crippen molar-refractivity contribution in [2.24, 2.45) is 0 Å². The summed E-state index contributed by atoms with van der Waals surface area (Å²) in [5.74, 6) is 0.281. The third-order valence-corrected chi connectivity index (χ3v) is 4.53. The van der Waals surface area contributed by atoms with Gasteiger partial charge >= 0.3 is 0 Å². The van der Waals surface area contributed by atoms with E-state index >= 15 is 0 Å². The van der Waals surface area contributed by atoms with Gasteiger partial charge in [-0.2, -0.15) is 0 Å². The molecule has 1 saturated heterocycles. The second kappa shape index (κ2) is 6.53. The zero-order valence-electron chi connectivity index (χ0n) is 12.3. The first-order valence-corrected chi connectivity index (χ1v) is 8.92. The molecule has 0 aliphatic carbocycles. The summed E-state index contributed by atoms with van der Waals surface area (Å²) in [5.41, 5.74) is 1.25. The highest BCUT2D eigenvalue weighted by Gasteiger charge is 2.27. The van der Waals surface area contributed by atoms with Crippen LogP contribution in [0.2, 0.25) is 0 Å². The van der Waals surface area contributed by atoms with Crippen LogP contribution in [0.5, 0.6) is 0 Å². The molecule has 0 aromatic carbocycles. The second-order valence-corrected chi connectivity index (χ2v) is 7.27. The van der Waals surface area contributed by atoms with E-state index in [0.29, 0.717) is 19.0 Å². The van der Waals surface area contributed by atoms with E-state index in [1.807, 2.05) is 12.1 Å². The Kier molecular flexibility index (Phi) is 4.95. The summed E-state index contributed by atoms with van der Waals surface area (Å²) in [6.45, 7) is 2.89. The van der Waals surface area contributed by atoms with Gasteiger partial charge in [0.05, 0.1) is 12.3 Å². The number of piperidine rings is 1. The van der Waals surface area contributed by atoms with Gasteiger partial charge in [-0.15, -0.1) is 0 Å². The summed E-state index contributed by atoms with van der Waals surface area (Å²) in [4.78, 5) is 18.0. The van der Waals surface area contributed by atoms with Crippen LogP contribution < -0.4 is 4.72 Å². The van der Waals surface area contributed by atoms with Crippen LogP contribution in [0.15, 0.2) is 24.5 Å². The van der Waals surface area contributed by atoms with Crippen LogP contribution in [0.4, 0.5) is 0 Å². The Bertz CT molecular complexity index is 581. The van der Waals surface area contributed by atoms with Crippen molar-refractivity contribution in [1.82, 2.24) is 14.6 Å². The molecule has 1 aromatic rings. The van der Waals surface area contributed by atoms with E-state index in [4.69, 9.17) is 0 Å². The van der Waals surface area contributed by atoms with Crippen LogP contribution >= 0.6 is 0 Å². The molecule has 1 aromatic heterocycles. The number of carbonyl (C=O) groups is 1. The molecule has 6 nitrogen and oxygen atoms in total. The van der Waals surface area contributed by atoms with E-state index in [1.165, 1.54) is 5.56 Å². The maximum absolute atomic E-state index is 12.2. The fourth-order valence-corrected chi connectivity index (χ4v) is 3.46. The summed E-state index contributed by atoms with van der Waals surface area (Å²) in [7, 11) is -3.37. The van der Waals surface area contributed by atoms with Crippen LogP contribution in [0, 0.1) is 0 Å². The lowest BCUT2D eigenvalue weighted by molar-refractivity contribution is -0.133. The van der Waals surface area contributed by atoms with Crippen molar-refractivity contribution in [2.75, 3.05) is 19.3 Å². The zero-order chi connectivity index (χ0) is 15.5. The number of aromatic nitrogens is 1. The Morgan fingerprint density at radius 3 is 2.43 bits per heavy atom. The third-order valence-electron chi connectivity index (χ3n) is 3.75. The number of likely N-dealkylation sites (tertiary alicyclic amines) is 1. The minimum Gasteiger partial charge on any atom is -0.341 e. The molecule has 7 heteroatoms. The fraction of sp³-hybridized carbons (Fsp3) is 0.571. The van der Waals surface area contributed by atoms with Gasteiger partial charge < -0.3 is 4.90 Å². The van der Waals surface area contributed by atoms with E-state index in [2.05, 4.69) is 9.71 Å². The molecular formula is C14H21N3O3S. The number of nitrogens with one attached hydrogen (secondary N) is 1. The van der Waals surface area contributed by atoms with Gasteiger partial charge in [0.1, 0.15) is 0 Å². The minimum absolute atomic E-state index is 0.159. The summed E-state index contributed by atoms with van der Waals surface area (Å²) in [6.07, 6.45) is 6.41. The second-order valence-electron chi connectivity index (χ2n) is 5.49. The van der Waals surface area contributed by atoms with Gasteiger partial charge in [0.2, 0.25) is 15.9 Å². The number of sulfonamides is 1. The monoisotopic (exact) mass is 311 g/mol. The van der Waals surface area contributed by atoms with Gasteiger partial charge in [0.15, 0.2) is 0 Å². The lowest BCUT2D eigenvalue weighted by Crippen LogP contribution is -2.48. The molecule has 2 heterocycles. The average molecular weight is 311 g/mol. The molecule has 1 N–H and O–H groups in total. The summed E-state index contributed by atoms with van der Waals surface area (Å²) < 4.78 is 24.7. The standard InChI is InChI=1S/C14H21N3O3S/c1-11(16-21(2,19)20)14(18)17-9-5-13(6-10-17)12-3-7-15-8-4-12/h3-4,7-8,11,13,16H,5-6,9-10H2,1-2H3. The highest BCUT2D eigenvalue weighted by molar-refractivity contribution is 7.88. The molecule has 1 unspecified atom stereocenters. The molecule has 1 atom stereocenters. The minimum atomic E-state index is -3.37. The first kappa shape index (κ1) is 15.9. The van der Waals surface area contributed by atoms with Crippen molar-refractivity contribution in [2.45, 2.75) is 31.7 Å². The topological polar surface area (TPSA) is 79.4 Å². The highest BCUT2D eigenvalue weighted by Crippen LogP contribution is 2.27. The maximum atomic E-state index is 12.2. The quantitative estimate of drug-likeness (QED) is 0.889. The van der Waals surface area contributed by atoms with Gasteiger partial charge in [-0.25, -0.2) is 13.1 Å². The number of rotatable bonds is 4. The number of carbonyl (C=O) groups excluding carboxylic acids is 1. The zero-order valence-corrected chi connectivity index (χ0v) is 13.1. The summed E-state index contributed by atoms with van der Waals surface area (Å²) in [5, 5.41) is 0. The normalized spacial score (nSPS) is 18.5. The first-order valence-electron chi connectivity index (χ1n) is 7.03. The van der Waals surface area contributed by atoms with E-state index < -0.39 is 16.1 Å². The van der Waals surface area contributed by atoms with Crippen molar-refractivity contribution in [3.8, 4) is 0 Å². The summed E-state index contributed by atoms with van der Waals surface area (Å²) >= 11 is 0. The van der Waals surface area contributed by atoms with Crippen molar-refractivity contribution < 1.29 is 13.2 Å².